The van der Waals surface area contributed by atoms with E-state index in [4.69, 9.17) is 9.47 Å². The minimum atomic E-state index is -0.651. The van der Waals surface area contributed by atoms with E-state index in [1.165, 1.54) is 31.9 Å². The Morgan fingerprint density at radius 1 is 0.710 bits per heavy atom. The van der Waals surface area contributed by atoms with Gasteiger partial charge in [-0.1, -0.05) is 111 Å². The summed E-state index contributed by atoms with van der Waals surface area (Å²) < 4.78 is 11.6. The van der Waals surface area contributed by atoms with Crippen molar-refractivity contribution in [1.82, 2.24) is 0 Å². The molecule has 2 atom stereocenters. The molecular weight excluding hydrogens is 398 g/mol. The molecule has 1 aromatic heterocycles. The van der Waals surface area contributed by atoms with Gasteiger partial charge in [0.05, 0.1) is 0 Å². The highest BCUT2D eigenvalue weighted by Crippen LogP contribution is 2.57. The van der Waals surface area contributed by atoms with E-state index < -0.39 is 7.53 Å². The molecule has 31 heavy (non-hydrogen) atoms. The highest BCUT2D eigenvalue weighted by atomic mass is 31.1. The second-order valence-corrected chi connectivity index (χ2v) is 9.41. The van der Waals surface area contributed by atoms with E-state index in [9.17, 15) is 0 Å². The molecule has 0 saturated heterocycles. The van der Waals surface area contributed by atoms with Gasteiger partial charge in [-0.25, -0.2) is 0 Å². The van der Waals surface area contributed by atoms with E-state index in [1.807, 2.05) is 6.07 Å². The molecule has 5 rings (SSSR count). The molecule has 151 valence electrons. The van der Waals surface area contributed by atoms with Crippen LogP contribution in [-0.2, 0) is 9.47 Å². The van der Waals surface area contributed by atoms with Crippen LogP contribution in [0, 0.1) is 0 Å². The predicted molar refractivity (Wildman–Crippen MR) is 132 cm³/mol. The topological polar surface area (TPSA) is 18.5 Å². The lowest BCUT2D eigenvalue weighted by Gasteiger charge is -2.20. The lowest BCUT2D eigenvalue weighted by Crippen LogP contribution is -2.08. The standard InChI is InChI=1S/C27H23O2P.B/c1-28-19-29-26(20-11-4-2-5-12-20)24-17-10-16-23-22-15-8-9-18-25(22)30(27(23)24)21-13-6-3-7-14-21;/h2-18,26H,19H2,1H3;. The van der Waals surface area contributed by atoms with E-state index in [-0.39, 0.29) is 21.3 Å². The van der Waals surface area contributed by atoms with Gasteiger partial charge in [0, 0.05) is 25.8 Å². The smallest absolute Gasteiger partial charge is 0.147 e. The van der Waals surface area contributed by atoms with Crippen molar-refractivity contribution in [3.8, 4) is 5.30 Å². The molecule has 0 aliphatic carbocycles. The monoisotopic (exact) mass is 421 g/mol. The molecule has 4 aromatic carbocycles. The van der Waals surface area contributed by atoms with E-state index in [1.54, 1.807) is 7.11 Å². The van der Waals surface area contributed by atoms with Crippen LogP contribution < -0.4 is 0 Å². The van der Waals surface area contributed by atoms with E-state index in [0.717, 1.165) is 5.56 Å². The summed E-state index contributed by atoms with van der Waals surface area (Å²) in [6, 6.07) is 36.7. The number of fused-ring (bicyclic) bond motifs is 3. The number of hydrogen-bond donors (Lipinski definition) is 0. The summed E-state index contributed by atoms with van der Waals surface area (Å²) in [4.78, 5) is 0. The van der Waals surface area contributed by atoms with Gasteiger partial charge in [0.1, 0.15) is 12.9 Å². The summed E-state index contributed by atoms with van der Waals surface area (Å²) >= 11 is 0. The second-order valence-electron chi connectivity index (χ2n) is 7.30. The van der Waals surface area contributed by atoms with E-state index >= 15 is 0 Å². The van der Waals surface area contributed by atoms with Gasteiger partial charge >= 0.3 is 0 Å². The zero-order chi connectivity index (χ0) is 20.3. The summed E-state index contributed by atoms with van der Waals surface area (Å²) in [6.45, 7) is 0.249. The van der Waals surface area contributed by atoms with Gasteiger partial charge in [-0.05, 0) is 27.2 Å². The van der Waals surface area contributed by atoms with Crippen LogP contribution >= 0.6 is 7.53 Å². The van der Waals surface area contributed by atoms with Crippen LogP contribution in [0.4, 0.5) is 0 Å². The molecule has 0 spiro atoms. The zero-order valence-electron chi connectivity index (χ0n) is 17.4. The highest BCUT2D eigenvalue weighted by Gasteiger charge is 2.22. The fourth-order valence-corrected chi connectivity index (χ4v) is 7.04. The summed E-state index contributed by atoms with van der Waals surface area (Å²) in [5.74, 6) is 0. The van der Waals surface area contributed by atoms with Gasteiger partial charge < -0.3 is 9.47 Å². The van der Waals surface area contributed by atoms with Crippen LogP contribution in [0.25, 0.3) is 26.3 Å². The van der Waals surface area contributed by atoms with Crippen molar-refractivity contribution in [3.05, 3.63) is 114 Å². The number of hydrogen-bond acceptors (Lipinski definition) is 2. The maximum absolute atomic E-state index is 6.26. The lowest BCUT2D eigenvalue weighted by atomic mass is 9.99. The van der Waals surface area contributed by atoms with Gasteiger partial charge in [0.25, 0.3) is 0 Å². The number of ether oxygens (including phenoxy) is 2. The normalized spacial score (nSPS) is 12.6. The van der Waals surface area contributed by atoms with Crippen molar-refractivity contribution >= 4 is 37.0 Å². The van der Waals surface area contributed by atoms with Gasteiger partial charge in [0.2, 0.25) is 0 Å². The minimum absolute atomic E-state index is 0. The Labute approximate surface area is 186 Å². The number of rotatable bonds is 6. The lowest BCUT2D eigenvalue weighted by molar-refractivity contribution is -0.0586. The zero-order valence-corrected chi connectivity index (χ0v) is 18.3. The predicted octanol–water partition coefficient (Wildman–Crippen LogP) is 7.30. The van der Waals surface area contributed by atoms with Gasteiger partial charge in [-0.15, -0.1) is 0 Å². The van der Waals surface area contributed by atoms with Crippen molar-refractivity contribution in [2.24, 2.45) is 0 Å². The third-order valence-electron chi connectivity index (χ3n) is 5.48. The first-order valence-electron chi connectivity index (χ1n) is 10.1. The Balaban J connectivity index is 0.00000231. The summed E-state index contributed by atoms with van der Waals surface area (Å²) in [5, 5.41) is 6.83. The molecule has 5 aromatic rings. The Hall–Kier alpha value is -2.84. The molecular formula is C27H23BO2P. The summed E-state index contributed by atoms with van der Waals surface area (Å²) in [6.07, 6.45) is -0.177. The molecule has 4 heteroatoms. The van der Waals surface area contributed by atoms with Crippen molar-refractivity contribution in [1.29, 1.82) is 0 Å². The maximum atomic E-state index is 6.26. The average molecular weight is 421 g/mol. The first-order chi connectivity index (χ1) is 14.9. The van der Waals surface area contributed by atoms with Crippen LogP contribution in [0.5, 0.6) is 0 Å². The molecule has 0 bridgehead atoms. The summed E-state index contributed by atoms with van der Waals surface area (Å²) in [5.41, 5.74) is 2.36. The summed E-state index contributed by atoms with van der Waals surface area (Å²) in [7, 11) is 1.02. The van der Waals surface area contributed by atoms with Crippen LogP contribution in [0.1, 0.15) is 17.2 Å². The molecule has 3 radical (unpaired) electrons. The van der Waals surface area contributed by atoms with Crippen LogP contribution in [0.2, 0.25) is 0 Å². The minimum Gasteiger partial charge on any atom is -0.359 e. The van der Waals surface area contributed by atoms with Crippen LogP contribution in [-0.4, -0.2) is 22.3 Å². The van der Waals surface area contributed by atoms with Crippen molar-refractivity contribution in [2.75, 3.05) is 13.9 Å². The fraction of sp³-hybridized carbons (Fsp3) is 0.111. The van der Waals surface area contributed by atoms with Crippen molar-refractivity contribution < 1.29 is 9.47 Å². The number of benzene rings is 4. The molecule has 0 aliphatic heterocycles. The molecule has 0 N–H and O–H groups in total. The molecule has 0 amide bonds. The Bertz CT molecular complexity index is 1280. The molecule has 0 saturated carbocycles. The largest absolute Gasteiger partial charge is 0.359 e. The quantitative estimate of drug-likeness (QED) is 0.212. The fourth-order valence-electron chi connectivity index (χ4n) is 4.23. The Kier molecular flexibility index (Phi) is 6.58. The highest BCUT2D eigenvalue weighted by molar-refractivity contribution is 7.68. The Morgan fingerprint density at radius 2 is 1.35 bits per heavy atom. The van der Waals surface area contributed by atoms with Crippen LogP contribution in [0.15, 0.2) is 103 Å². The first kappa shape index (κ1) is 21.4. The van der Waals surface area contributed by atoms with Crippen LogP contribution in [0.3, 0.4) is 0 Å². The third-order valence-corrected chi connectivity index (χ3v) is 8.11. The molecule has 0 fully saturated rings. The van der Waals surface area contributed by atoms with E-state index in [2.05, 4.69) is 97.1 Å². The van der Waals surface area contributed by atoms with Crippen molar-refractivity contribution in [3.63, 3.8) is 0 Å². The van der Waals surface area contributed by atoms with Gasteiger partial charge in [0.15, 0.2) is 0 Å². The first-order valence-corrected chi connectivity index (χ1v) is 11.5. The van der Waals surface area contributed by atoms with E-state index in [0.29, 0.717) is 0 Å². The maximum Gasteiger partial charge on any atom is 0.147 e. The van der Waals surface area contributed by atoms with Crippen molar-refractivity contribution in [2.45, 2.75) is 6.10 Å². The molecule has 2 unspecified atom stereocenters. The van der Waals surface area contributed by atoms with Gasteiger partial charge in [-0.3, -0.25) is 0 Å². The SMILES string of the molecule is COCOC(c1ccccc1)c1cccc2c3ccccc3p(-c3ccccc3)c12.[B]. The van der Waals surface area contributed by atoms with Gasteiger partial charge in [-0.2, -0.15) is 0 Å². The average Bonchev–Trinajstić information content (AvgIpc) is 3.16. The number of methoxy groups -OCH3 is 1. The second kappa shape index (κ2) is 9.53. The molecule has 2 nitrogen and oxygen atoms in total. The third kappa shape index (κ3) is 3.93. The molecule has 0 aliphatic rings. The molecule has 1 heterocycles. The Morgan fingerprint density at radius 3 is 2.10 bits per heavy atom.